The summed E-state index contributed by atoms with van der Waals surface area (Å²) in [6, 6.07) is 4.80. The summed E-state index contributed by atoms with van der Waals surface area (Å²) in [5, 5.41) is 5.81. The molecule has 0 aromatic heterocycles. The van der Waals surface area contributed by atoms with E-state index in [4.69, 9.17) is 0 Å². The van der Waals surface area contributed by atoms with Crippen molar-refractivity contribution in [2.45, 2.75) is 32.1 Å². The Hall–Kier alpha value is -1.44. The first-order chi connectivity index (χ1) is 10.9. The highest BCUT2D eigenvalue weighted by atomic mass is 32.2. The van der Waals surface area contributed by atoms with Gasteiger partial charge in [0.25, 0.3) is 5.91 Å². The molecule has 0 atom stereocenters. The van der Waals surface area contributed by atoms with E-state index in [1.807, 2.05) is 7.05 Å². The van der Waals surface area contributed by atoms with Crippen molar-refractivity contribution < 1.29 is 13.2 Å². The lowest BCUT2D eigenvalue weighted by Crippen LogP contribution is -2.31. The molecule has 23 heavy (non-hydrogen) atoms. The lowest BCUT2D eigenvalue weighted by atomic mass is 10.1. The molecule has 0 heterocycles. The number of nitrogens with one attached hydrogen (secondary N) is 2. The molecule has 0 saturated carbocycles. The molecule has 1 aromatic rings. The van der Waals surface area contributed by atoms with Crippen molar-refractivity contribution in [3.63, 3.8) is 0 Å². The van der Waals surface area contributed by atoms with Crippen molar-refractivity contribution in [1.82, 2.24) is 14.9 Å². The molecule has 130 valence electrons. The van der Waals surface area contributed by atoms with Gasteiger partial charge in [-0.05, 0) is 44.6 Å². The Morgan fingerprint density at radius 1 is 1.17 bits per heavy atom. The highest BCUT2D eigenvalue weighted by molar-refractivity contribution is 7.89. The number of carbonyl (C=O) groups is 1. The van der Waals surface area contributed by atoms with E-state index in [1.165, 1.54) is 10.4 Å². The zero-order valence-corrected chi connectivity index (χ0v) is 15.2. The van der Waals surface area contributed by atoms with Gasteiger partial charge in [-0.2, -0.15) is 4.31 Å². The quantitative estimate of drug-likeness (QED) is 0.665. The molecule has 1 rings (SSSR count). The first-order valence-electron chi connectivity index (χ1n) is 7.92. The molecule has 6 nitrogen and oxygen atoms in total. The monoisotopic (exact) mass is 341 g/mol. The van der Waals surface area contributed by atoms with Gasteiger partial charge >= 0.3 is 0 Å². The molecule has 0 aliphatic heterocycles. The minimum Gasteiger partial charge on any atom is -0.352 e. The Labute approximate surface area is 139 Å². The third-order valence-electron chi connectivity index (χ3n) is 3.66. The van der Waals surface area contributed by atoms with Gasteiger partial charge in [-0.25, -0.2) is 8.42 Å². The third-order valence-corrected chi connectivity index (χ3v) is 5.85. The normalized spacial score (nSPS) is 11.7. The number of nitrogens with zero attached hydrogens (tertiary/aromatic N) is 1. The van der Waals surface area contributed by atoms with Gasteiger partial charge in [0, 0.05) is 25.2 Å². The molecule has 7 heteroatoms. The van der Waals surface area contributed by atoms with Crippen LogP contribution in [0.25, 0.3) is 0 Å². The average Bonchev–Trinajstić information content (AvgIpc) is 2.52. The summed E-state index contributed by atoms with van der Waals surface area (Å²) in [7, 11) is -1.72. The summed E-state index contributed by atoms with van der Waals surface area (Å²) < 4.78 is 26.7. The highest BCUT2D eigenvalue weighted by Crippen LogP contribution is 2.21. The fourth-order valence-corrected chi connectivity index (χ4v) is 4.00. The van der Waals surface area contributed by atoms with E-state index in [9.17, 15) is 13.2 Å². The molecule has 0 aliphatic carbocycles. The van der Waals surface area contributed by atoms with Gasteiger partial charge in [-0.3, -0.25) is 4.79 Å². The van der Waals surface area contributed by atoms with Crippen molar-refractivity contribution in [2.24, 2.45) is 0 Å². The molecule has 0 bridgehead atoms. The molecule has 0 spiro atoms. The Bertz CT molecular complexity index is 625. The van der Waals surface area contributed by atoms with E-state index in [2.05, 4.69) is 10.6 Å². The lowest BCUT2D eigenvalue weighted by Gasteiger charge is -2.20. The fraction of sp³-hybridized carbons (Fsp3) is 0.562. The second kappa shape index (κ2) is 9.00. The number of hydrogen-bond acceptors (Lipinski definition) is 4. The van der Waals surface area contributed by atoms with Crippen molar-refractivity contribution in [2.75, 3.05) is 33.2 Å². The van der Waals surface area contributed by atoms with Gasteiger partial charge in [0.05, 0.1) is 4.90 Å². The molecular formula is C16H27N3O3S. The van der Waals surface area contributed by atoms with Gasteiger partial charge < -0.3 is 10.6 Å². The Balaban J connectivity index is 3.02. The van der Waals surface area contributed by atoms with E-state index in [-0.39, 0.29) is 10.8 Å². The molecule has 0 saturated heterocycles. The summed E-state index contributed by atoms with van der Waals surface area (Å²) in [5.74, 6) is -0.253. The summed E-state index contributed by atoms with van der Waals surface area (Å²) in [5.41, 5.74) is 1.01. The number of rotatable bonds is 9. The Morgan fingerprint density at radius 3 is 2.39 bits per heavy atom. The summed E-state index contributed by atoms with van der Waals surface area (Å²) in [6.07, 6.45) is 0.818. The standard InChI is InChI=1S/C16H27N3O3S/c1-5-19(6-2)23(21,22)15-12-14(9-8-13(15)3)16(20)18-11-7-10-17-4/h8-9,12,17H,5-7,10-11H2,1-4H3,(H,18,20). The van der Waals surface area contributed by atoms with Crippen molar-refractivity contribution in [3.8, 4) is 0 Å². The van der Waals surface area contributed by atoms with E-state index < -0.39 is 10.0 Å². The molecule has 0 unspecified atom stereocenters. The number of sulfonamides is 1. The second-order valence-corrected chi connectivity index (χ2v) is 7.19. The van der Waals surface area contributed by atoms with E-state index in [0.29, 0.717) is 30.8 Å². The fourth-order valence-electron chi connectivity index (χ4n) is 2.29. The Kier molecular flexibility index (Phi) is 7.67. The van der Waals surface area contributed by atoms with Gasteiger partial charge in [0.1, 0.15) is 0 Å². The van der Waals surface area contributed by atoms with Crippen LogP contribution in [-0.2, 0) is 10.0 Å². The van der Waals surface area contributed by atoms with Crippen molar-refractivity contribution in [3.05, 3.63) is 29.3 Å². The van der Waals surface area contributed by atoms with Crippen LogP contribution in [0.1, 0.15) is 36.2 Å². The van der Waals surface area contributed by atoms with Crippen molar-refractivity contribution in [1.29, 1.82) is 0 Å². The maximum atomic E-state index is 12.7. The SMILES string of the molecule is CCN(CC)S(=O)(=O)c1cc(C(=O)NCCCNC)ccc1C. The van der Waals surface area contributed by atoms with Crippen LogP contribution >= 0.6 is 0 Å². The molecule has 0 aliphatic rings. The third kappa shape index (κ3) is 5.02. The highest BCUT2D eigenvalue weighted by Gasteiger charge is 2.24. The smallest absolute Gasteiger partial charge is 0.251 e. The van der Waals surface area contributed by atoms with Gasteiger partial charge in [0.2, 0.25) is 10.0 Å². The minimum atomic E-state index is -3.57. The first kappa shape index (κ1) is 19.6. The van der Waals surface area contributed by atoms with Crippen LogP contribution in [0.15, 0.2) is 23.1 Å². The zero-order valence-electron chi connectivity index (χ0n) is 14.3. The molecule has 1 aromatic carbocycles. The number of benzene rings is 1. The Morgan fingerprint density at radius 2 is 1.83 bits per heavy atom. The van der Waals surface area contributed by atoms with Gasteiger partial charge in [0.15, 0.2) is 0 Å². The number of carbonyl (C=O) groups excluding carboxylic acids is 1. The largest absolute Gasteiger partial charge is 0.352 e. The summed E-state index contributed by atoms with van der Waals surface area (Å²) in [4.78, 5) is 12.4. The molecule has 0 fully saturated rings. The predicted octanol–water partition coefficient (Wildman–Crippen LogP) is 1.36. The number of amides is 1. The molecule has 1 amide bonds. The summed E-state index contributed by atoms with van der Waals surface area (Å²) >= 11 is 0. The number of hydrogen-bond donors (Lipinski definition) is 2. The maximum Gasteiger partial charge on any atom is 0.251 e. The first-order valence-corrected chi connectivity index (χ1v) is 9.36. The predicted molar refractivity (Wildman–Crippen MR) is 92.2 cm³/mol. The van der Waals surface area contributed by atoms with E-state index >= 15 is 0 Å². The van der Waals surface area contributed by atoms with Crippen molar-refractivity contribution >= 4 is 15.9 Å². The van der Waals surface area contributed by atoms with Crippen LogP contribution < -0.4 is 10.6 Å². The van der Waals surface area contributed by atoms with Crippen LogP contribution in [0.4, 0.5) is 0 Å². The maximum absolute atomic E-state index is 12.7. The van der Waals surface area contributed by atoms with E-state index in [0.717, 1.165) is 13.0 Å². The number of aryl methyl sites for hydroxylation is 1. The second-order valence-electron chi connectivity index (χ2n) is 5.28. The van der Waals surface area contributed by atoms with Crippen LogP contribution in [0, 0.1) is 6.92 Å². The van der Waals surface area contributed by atoms with Crippen LogP contribution in [0.5, 0.6) is 0 Å². The molecule has 0 radical (unpaired) electrons. The van der Waals surface area contributed by atoms with Crippen LogP contribution in [0.2, 0.25) is 0 Å². The van der Waals surface area contributed by atoms with E-state index in [1.54, 1.807) is 32.9 Å². The zero-order chi connectivity index (χ0) is 17.5. The van der Waals surface area contributed by atoms with Gasteiger partial charge in [-0.15, -0.1) is 0 Å². The van der Waals surface area contributed by atoms with Crippen LogP contribution in [0.3, 0.4) is 0 Å². The minimum absolute atomic E-state index is 0.198. The topological polar surface area (TPSA) is 78.5 Å². The average molecular weight is 341 g/mol. The molecule has 2 N–H and O–H groups in total. The molecular weight excluding hydrogens is 314 g/mol. The summed E-state index contributed by atoms with van der Waals surface area (Å²) in [6.45, 7) is 7.51. The van der Waals surface area contributed by atoms with Gasteiger partial charge in [-0.1, -0.05) is 19.9 Å². The van der Waals surface area contributed by atoms with Crippen LogP contribution in [-0.4, -0.2) is 51.9 Å². The lowest BCUT2D eigenvalue weighted by molar-refractivity contribution is 0.0953.